The van der Waals surface area contributed by atoms with Crippen molar-refractivity contribution in [3.63, 3.8) is 0 Å². The van der Waals surface area contributed by atoms with E-state index in [4.69, 9.17) is 17.1 Å². The van der Waals surface area contributed by atoms with Crippen molar-refractivity contribution in [3.05, 3.63) is 228 Å². The van der Waals surface area contributed by atoms with Crippen LogP contribution in [0.2, 0.25) is 0 Å². The van der Waals surface area contributed by atoms with Gasteiger partial charge in [-0.25, -0.2) is 0 Å². The van der Waals surface area contributed by atoms with E-state index in [1.807, 2.05) is 78.9 Å². The molecule has 0 saturated heterocycles. The van der Waals surface area contributed by atoms with Crippen molar-refractivity contribution in [3.8, 4) is 56.0 Å². The molecule has 236 valence electrons. The van der Waals surface area contributed by atoms with E-state index in [1.165, 1.54) is 0 Å². The Bertz CT molecular complexity index is 3260. The molecule has 0 saturated carbocycles. The molecule has 0 aliphatic carbocycles. The number of hydrogen-bond donors (Lipinski definition) is 0. The Hall–Kier alpha value is -6.44. The summed E-state index contributed by atoms with van der Waals surface area (Å²) in [6, 6.07) is 16.5. The van der Waals surface area contributed by atoms with E-state index in [2.05, 4.69) is 0 Å². The molecule has 1 aliphatic rings. The van der Waals surface area contributed by atoms with Crippen molar-refractivity contribution in [2.24, 2.45) is 0 Å². The topological polar surface area (TPSA) is 9.23 Å². The zero-order chi connectivity index (χ0) is 48.1. The molecule has 0 N–H and O–H groups in total. The fourth-order valence-corrected chi connectivity index (χ4v) is 6.71. The van der Waals surface area contributed by atoms with Gasteiger partial charge in [0.25, 0.3) is 0 Å². The Labute approximate surface area is 317 Å². The first-order valence-corrected chi connectivity index (χ1v) is 15.8. The van der Waals surface area contributed by atoms with E-state index in [9.17, 15) is 11.0 Å². The molecule has 1 heteroatoms. The van der Waals surface area contributed by atoms with E-state index in [-0.39, 0.29) is 11.1 Å². The van der Waals surface area contributed by atoms with Gasteiger partial charge in [0.05, 0.1) is 28.7 Å². The third-order valence-corrected chi connectivity index (χ3v) is 8.85. The lowest BCUT2D eigenvalue weighted by molar-refractivity contribution is 0.435. The maximum Gasteiger partial charge on any atom is 0.132 e. The Kier molecular flexibility index (Phi) is 4.21. The van der Waals surface area contributed by atoms with Gasteiger partial charge in [-0.3, -0.25) is 0 Å². The lowest BCUT2D eigenvalue weighted by Crippen LogP contribution is -2.34. The summed E-state index contributed by atoms with van der Waals surface area (Å²) in [6.45, 7) is 0. The van der Waals surface area contributed by atoms with Gasteiger partial charge in [0.1, 0.15) is 11.5 Å². The molecule has 0 fully saturated rings. The van der Waals surface area contributed by atoms with Gasteiger partial charge in [-0.05, 0) is 67.7 Å². The summed E-state index contributed by atoms with van der Waals surface area (Å²) in [5.41, 5.74) is -1.50. The molecule has 0 aromatic heterocycles. The number of hydrogen-bond acceptors (Lipinski definition) is 1. The highest BCUT2D eigenvalue weighted by molar-refractivity contribution is 5.96. The van der Waals surface area contributed by atoms with Gasteiger partial charge in [-0.15, -0.1) is 0 Å². The van der Waals surface area contributed by atoms with Crippen molar-refractivity contribution < 1.29 is 28.0 Å². The lowest BCUT2D eigenvalue weighted by atomic mass is 9.63. The van der Waals surface area contributed by atoms with Crippen molar-refractivity contribution in [2.45, 2.75) is 5.41 Å². The van der Waals surface area contributed by atoms with E-state index in [0.29, 0.717) is 11.1 Å². The molecular formula is C49H34O. The number of ether oxygens (including phenoxy) is 1. The third-order valence-electron chi connectivity index (χ3n) is 8.85. The first kappa shape index (κ1) is 16.8. The van der Waals surface area contributed by atoms with Crippen LogP contribution in [0, 0.1) is 0 Å². The molecule has 1 aliphatic heterocycles. The second kappa shape index (κ2) is 12.5. The van der Waals surface area contributed by atoms with E-state index in [1.54, 1.807) is 24.3 Å². The summed E-state index contributed by atoms with van der Waals surface area (Å²) < 4.78 is 162. The smallest absolute Gasteiger partial charge is 0.132 e. The molecule has 1 nitrogen and oxygen atoms in total. The summed E-state index contributed by atoms with van der Waals surface area (Å²) in [5.74, 6) is -1.44. The second-order valence-corrected chi connectivity index (χ2v) is 11.5. The van der Waals surface area contributed by atoms with Crippen molar-refractivity contribution in [2.75, 3.05) is 0 Å². The van der Waals surface area contributed by atoms with Crippen LogP contribution in [0.15, 0.2) is 206 Å². The van der Waals surface area contributed by atoms with Crippen molar-refractivity contribution in [1.82, 2.24) is 0 Å². The Morgan fingerprint density at radius 3 is 1.38 bits per heavy atom. The molecule has 8 aromatic rings. The molecule has 9 rings (SSSR count). The highest BCUT2D eigenvalue weighted by atomic mass is 16.5. The molecule has 0 bridgehead atoms. The predicted molar refractivity (Wildman–Crippen MR) is 207 cm³/mol. The minimum Gasteiger partial charge on any atom is -0.457 e. The van der Waals surface area contributed by atoms with E-state index >= 15 is 0 Å². The first-order chi connectivity index (χ1) is 31.9. The fourth-order valence-electron chi connectivity index (χ4n) is 6.71. The first-order valence-electron chi connectivity index (χ1n) is 24.3. The van der Waals surface area contributed by atoms with Gasteiger partial charge in [0, 0.05) is 11.1 Å². The highest BCUT2D eigenvalue weighted by Gasteiger charge is 2.45. The van der Waals surface area contributed by atoms with Crippen LogP contribution < -0.4 is 4.74 Å². The highest BCUT2D eigenvalue weighted by Crippen LogP contribution is 2.56. The SMILES string of the molecule is [2H]c1c([2H])c([2H])c(C2(c3c([2H])c([2H])c([2H])c([2H])c3[2H])c3c([2H])c([2H])c([2H])c([2H])c3Oc3c([2H])c(-c4ccccc4-c4ccccc4-c4ccccc4-c4ccccc4)c([2H])c([2H])c32)c([2H])c1[2H]. The van der Waals surface area contributed by atoms with Crippen LogP contribution in [0.1, 0.15) is 45.6 Å². The summed E-state index contributed by atoms with van der Waals surface area (Å²) in [5, 5.41) is 0. The van der Waals surface area contributed by atoms with Gasteiger partial charge in [0.2, 0.25) is 0 Å². The van der Waals surface area contributed by atoms with Gasteiger partial charge >= 0.3 is 0 Å². The number of fused-ring (bicyclic) bond motifs is 2. The fraction of sp³-hybridized carbons (Fsp3) is 0.0204. The zero-order valence-corrected chi connectivity index (χ0v) is 26.2. The largest absolute Gasteiger partial charge is 0.457 e. The lowest BCUT2D eigenvalue weighted by Gasteiger charge is -2.41. The van der Waals surface area contributed by atoms with E-state index in [0.717, 1.165) is 22.3 Å². The molecular weight excluding hydrogens is 605 g/mol. The van der Waals surface area contributed by atoms with Gasteiger partial charge in [0.15, 0.2) is 0 Å². The molecule has 0 radical (unpaired) electrons. The third kappa shape index (κ3) is 4.86. The number of rotatable bonds is 6. The van der Waals surface area contributed by atoms with E-state index < -0.39 is 142 Å². The quantitative estimate of drug-likeness (QED) is 0.173. The minimum absolute atomic E-state index is 0.203. The average Bonchev–Trinajstić information content (AvgIpc) is 3.34. The zero-order valence-electron chi connectivity index (χ0n) is 43.2. The van der Waals surface area contributed by atoms with Crippen LogP contribution in [0.25, 0.3) is 44.5 Å². The molecule has 8 aromatic carbocycles. The van der Waals surface area contributed by atoms with Gasteiger partial charge in [-0.1, -0.05) is 194 Å². The summed E-state index contributed by atoms with van der Waals surface area (Å²) >= 11 is 0. The van der Waals surface area contributed by atoms with Crippen LogP contribution in [0.4, 0.5) is 0 Å². The molecule has 0 atom stereocenters. The minimum atomic E-state index is -3.03. The van der Waals surface area contributed by atoms with Crippen LogP contribution in [0.5, 0.6) is 11.5 Å². The van der Waals surface area contributed by atoms with Crippen molar-refractivity contribution in [1.29, 1.82) is 0 Å². The number of para-hydroxylation sites is 1. The molecule has 0 spiro atoms. The Morgan fingerprint density at radius 2 is 0.800 bits per heavy atom. The summed E-state index contributed by atoms with van der Waals surface area (Å²) in [7, 11) is 0. The maximum atomic E-state index is 10.0. The Balaban J connectivity index is 1.46. The van der Waals surface area contributed by atoms with Crippen LogP contribution in [-0.4, -0.2) is 0 Å². The van der Waals surface area contributed by atoms with Crippen LogP contribution in [0.3, 0.4) is 0 Å². The van der Waals surface area contributed by atoms with Crippen LogP contribution in [-0.2, 0) is 5.41 Å². The van der Waals surface area contributed by atoms with Gasteiger partial charge < -0.3 is 4.74 Å². The summed E-state index contributed by atoms with van der Waals surface area (Å²) in [4.78, 5) is 0. The standard InChI is InChI=1S/C49H34O/c1-4-18-35(19-5-1)39-24-10-12-26-41(39)43-28-14-15-29-44(43)42-27-13-11-25-40(42)36-32-33-46-48(34-36)50-47-31-17-16-30-45(47)49(46,37-20-6-2-7-21-37)38-22-8-3-9-23-38/h1-34H/i2D,3D,6D,7D,8D,9D,16D,17D,20D,21D,22D,23D,30D,31D,32D,33D,34D. The number of benzene rings is 8. The van der Waals surface area contributed by atoms with Gasteiger partial charge in [-0.2, -0.15) is 0 Å². The van der Waals surface area contributed by atoms with Crippen LogP contribution >= 0.6 is 0 Å². The molecule has 0 unspecified atom stereocenters. The normalized spacial score (nSPS) is 17.5. The molecule has 0 amide bonds. The van der Waals surface area contributed by atoms with Crippen molar-refractivity contribution >= 4 is 0 Å². The average molecular weight is 656 g/mol. The molecule has 50 heavy (non-hydrogen) atoms. The Morgan fingerprint density at radius 1 is 0.360 bits per heavy atom. The maximum absolute atomic E-state index is 10.0. The summed E-state index contributed by atoms with van der Waals surface area (Å²) in [6.07, 6.45) is 0. The second-order valence-electron chi connectivity index (χ2n) is 11.5. The monoisotopic (exact) mass is 655 g/mol. The molecule has 1 heterocycles. The predicted octanol–water partition coefficient (Wildman–Crippen LogP) is 12.8.